The number of amides is 1. The molecule has 27 heavy (non-hydrogen) atoms. The van der Waals surface area contributed by atoms with E-state index in [4.69, 9.17) is 4.74 Å². The number of ether oxygens (including phenoxy) is 1. The highest BCUT2D eigenvalue weighted by molar-refractivity contribution is 7.89. The SMILES string of the molecule is CCCS(=O)(=O)N1CCCC1C(=O)NCc1ccc2cc(OC)ccc2c1. The minimum Gasteiger partial charge on any atom is -0.497 e. The van der Waals surface area contributed by atoms with Gasteiger partial charge in [0.2, 0.25) is 15.9 Å². The van der Waals surface area contributed by atoms with Crippen LogP contribution in [0, 0.1) is 0 Å². The average Bonchev–Trinajstić information content (AvgIpc) is 3.16. The monoisotopic (exact) mass is 390 g/mol. The molecule has 0 aromatic heterocycles. The molecule has 0 bridgehead atoms. The average molecular weight is 391 g/mol. The Kier molecular flexibility index (Phi) is 6.01. The second-order valence-electron chi connectivity index (χ2n) is 6.85. The number of nitrogens with zero attached hydrogens (tertiary/aromatic N) is 1. The zero-order valence-corrected chi connectivity index (χ0v) is 16.6. The number of sulfonamides is 1. The van der Waals surface area contributed by atoms with Crippen molar-refractivity contribution in [2.75, 3.05) is 19.4 Å². The van der Waals surface area contributed by atoms with Crippen LogP contribution in [0.25, 0.3) is 10.8 Å². The van der Waals surface area contributed by atoms with Gasteiger partial charge in [-0.15, -0.1) is 0 Å². The molecule has 1 aliphatic rings. The lowest BCUT2D eigenvalue weighted by atomic mass is 10.1. The maximum absolute atomic E-state index is 12.6. The Morgan fingerprint density at radius 3 is 2.70 bits per heavy atom. The fourth-order valence-electron chi connectivity index (χ4n) is 3.53. The Bertz CT molecular complexity index is 927. The van der Waals surface area contributed by atoms with Gasteiger partial charge >= 0.3 is 0 Å². The van der Waals surface area contributed by atoms with Crippen molar-refractivity contribution in [2.45, 2.75) is 38.8 Å². The van der Waals surface area contributed by atoms with Gasteiger partial charge in [-0.2, -0.15) is 4.31 Å². The lowest BCUT2D eigenvalue weighted by molar-refractivity contribution is -0.124. The predicted octanol–water partition coefficient (Wildman–Crippen LogP) is 2.67. The molecule has 6 nitrogen and oxygen atoms in total. The van der Waals surface area contributed by atoms with Crippen LogP contribution >= 0.6 is 0 Å². The van der Waals surface area contributed by atoms with E-state index in [0.717, 1.165) is 28.5 Å². The van der Waals surface area contributed by atoms with Gasteiger partial charge in [0.1, 0.15) is 11.8 Å². The van der Waals surface area contributed by atoms with Crippen LogP contribution in [-0.4, -0.2) is 44.1 Å². The van der Waals surface area contributed by atoms with E-state index < -0.39 is 16.1 Å². The Balaban J connectivity index is 1.67. The third kappa shape index (κ3) is 4.42. The van der Waals surface area contributed by atoms with Gasteiger partial charge in [0.25, 0.3) is 0 Å². The Morgan fingerprint density at radius 1 is 1.22 bits per heavy atom. The summed E-state index contributed by atoms with van der Waals surface area (Å²) in [5.41, 5.74) is 0.974. The van der Waals surface area contributed by atoms with E-state index in [1.807, 2.05) is 43.3 Å². The van der Waals surface area contributed by atoms with Crippen LogP contribution in [0.4, 0.5) is 0 Å². The number of hydrogen-bond donors (Lipinski definition) is 1. The van der Waals surface area contributed by atoms with Crippen molar-refractivity contribution in [3.8, 4) is 5.75 Å². The van der Waals surface area contributed by atoms with Gasteiger partial charge in [-0.25, -0.2) is 8.42 Å². The smallest absolute Gasteiger partial charge is 0.238 e. The fourth-order valence-corrected chi connectivity index (χ4v) is 5.27. The minimum atomic E-state index is -3.36. The number of carbonyl (C=O) groups is 1. The summed E-state index contributed by atoms with van der Waals surface area (Å²) in [4.78, 5) is 12.6. The zero-order chi connectivity index (χ0) is 19.4. The van der Waals surface area contributed by atoms with E-state index in [0.29, 0.717) is 25.9 Å². The summed E-state index contributed by atoms with van der Waals surface area (Å²) in [6.07, 6.45) is 1.85. The molecular formula is C20H26N2O4S. The van der Waals surface area contributed by atoms with Crippen molar-refractivity contribution in [1.29, 1.82) is 0 Å². The third-order valence-corrected chi connectivity index (χ3v) is 6.98. The number of benzene rings is 2. The molecule has 1 saturated heterocycles. The van der Waals surface area contributed by atoms with Crippen molar-refractivity contribution < 1.29 is 17.9 Å². The van der Waals surface area contributed by atoms with E-state index in [1.165, 1.54) is 4.31 Å². The van der Waals surface area contributed by atoms with Gasteiger partial charge in [0.05, 0.1) is 12.9 Å². The highest BCUT2D eigenvalue weighted by atomic mass is 32.2. The number of carbonyl (C=O) groups excluding carboxylic acids is 1. The standard InChI is InChI=1S/C20H26N2O4S/c1-3-11-27(24,25)22-10-4-5-19(22)20(23)21-14-15-6-7-17-13-18(26-2)9-8-16(17)12-15/h6-9,12-13,19H,3-5,10-11,14H2,1-2H3,(H,21,23). The molecule has 1 atom stereocenters. The summed E-state index contributed by atoms with van der Waals surface area (Å²) >= 11 is 0. The van der Waals surface area contributed by atoms with Crippen LogP contribution in [0.2, 0.25) is 0 Å². The maximum atomic E-state index is 12.6. The van der Waals surface area contributed by atoms with Crippen LogP contribution in [0.15, 0.2) is 36.4 Å². The summed E-state index contributed by atoms with van der Waals surface area (Å²) in [5, 5.41) is 5.03. The van der Waals surface area contributed by atoms with E-state index in [2.05, 4.69) is 5.32 Å². The largest absolute Gasteiger partial charge is 0.497 e. The number of methoxy groups -OCH3 is 1. The lowest BCUT2D eigenvalue weighted by Crippen LogP contribution is -2.46. The molecular weight excluding hydrogens is 364 g/mol. The zero-order valence-electron chi connectivity index (χ0n) is 15.8. The molecule has 0 aliphatic carbocycles. The van der Waals surface area contributed by atoms with Crippen molar-refractivity contribution in [3.63, 3.8) is 0 Å². The number of fused-ring (bicyclic) bond motifs is 1. The molecule has 1 unspecified atom stereocenters. The highest BCUT2D eigenvalue weighted by Crippen LogP contribution is 2.23. The predicted molar refractivity (Wildman–Crippen MR) is 106 cm³/mol. The summed E-state index contributed by atoms with van der Waals surface area (Å²) in [6, 6.07) is 11.2. The van der Waals surface area contributed by atoms with Crippen LogP contribution in [0.1, 0.15) is 31.7 Å². The molecule has 1 N–H and O–H groups in total. The first-order valence-corrected chi connectivity index (χ1v) is 10.9. The molecule has 0 spiro atoms. The van der Waals surface area contributed by atoms with Gasteiger partial charge in [0, 0.05) is 13.1 Å². The summed E-state index contributed by atoms with van der Waals surface area (Å²) < 4.78 is 31.3. The minimum absolute atomic E-state index is 0.0882. The van der Waals surface area contributed by atoms with Crippen LogP contribution in [-0.2, 0) is 21.4 Å². The van der Waals surface area contributed by atoms with E-state index in [-0.39, 0.29) is 11.7 Å². The van der Waals surface area contributed by atoms with Gasteiger partial charge in [-0.3, -0.25) is 4.79 Å². The van der Waals surface area contributed by atoms with E-state index >= 15 is 0 Å². The van der Waals surface area contributed by atoms with Crippen LogP contribution < -0.4 is 10.1 Å². The van der Waals surface area contributed by atoms with Crippen LogP contribution in [0.3, 0.4) is 0 Å². The lowest BCUT2D eigenvalue weighted by Gasteiger charge is -2.23. The third-order valence-electron chi connectivity index (χ3n) is 4.90. The number of nitrogens with one attached hydrogen (secondary N) is 1. The van der Waals surface area contributed by atoms with Gasteiger partial charge in [-0.05, 0) is 53.8 Å². The first kappa shape index (κ1) is 19.6. The van der Waals surface area contributed by atoms with Crippen molar-refractivity contribution in [1.82, 2.24) is 9.62 Å². The number of rotatable bonds is 7. The Hall–Kier alpha value is -2.12. The summed E-state index contributed by atoms with van der Waals surface area (Å²) in [5.74, 6) is 0.672. The highest BCUT2D eigenvalue weighted by Gasteiger charge is 2.37. The molecule has 146 valence electrons. The molecule has 2 aromatic rings. The van der Waals surface area contributed by atoms with E-state index in [1.54, 1.807) is 7.11 Å². The quantitative estimate of drug-likeness (QED) is 0.789. The van der Waals surface area contributed by atoms with E-state index in [9.17, 15) is 13.2 Å². The summed E-state index contributed by atoms with van der Waals surface area (Å²) in [7, 11) is -1.73. The molecule has 0 saturated carbocycles. The van der Waals surface area contributed by atoms with Gasteiger partial charge in [-0.1, -0.05) is 25.1 Å². The molecule has 1 amide bonds. The Morgan fingerprint density at radius 2 is 1.96 bits per heavy atom. The first-order chi connectivity index (χ1) is 12.9. The molecule has 1 heterocycles. The second kappa shape index (κ2) is 8.27. The number of hydrogen-bond acceptors (Lipinski definition) is 4. The van der Waals surface area contributed by atoms with Crippen LogP contribution in [0.5, 0.6) is 5.75 Å². The molecule has 1 fully saturated rings. The maximum Gasteiger partial charge on any atom is 0.238 e. The molecule has 2 aromatic carbocycles. The van der Waals surface area contributed by atoms with Gasteiger partial charge < -0.3 is 10.1 Å². The Labute approximate surface area is 160 Å². The normalized spacial score (nSPS) is 17.9. The fraction of sp³-hybridized carbons (Fsp3) is 0.450. The van der Waals surface area contributed by atoms with Crippen molar-refractivity contribution in [2.24, 2.45) is 0 Å². The van der Waals surface area contributed by atoms with Crippen molar-refractivity contribution >= 4 is 26.7 Å². The molecule has 0 radical (unpaired) electrons. The topological polar surface area (TPSA) is 75.7 Å². The summed E-state index contributed by atoms with van der Waals surface area (Å²) in [6.45, 7) is 2.63. The first-order valence-electron chi connectivity index (χ1n) is 9.28. The second-order valence-corrected chi connectivity index (χ2v) is 8.89. The molecule has 1 aliphatic heterocycles. The molecule has 3 rings (SSSR count). The molecule has 7 heteroatoms. The van der Waals surface area contributed by atoms with Gasteiger partial charge in [0.15, 0.2) is 0 Å². The van der Waals surface area contributed by atoms with Crippen molar-refractivity contribution in [3.05, 3.63) is 42.0 Å².